The molecule has 0 saturated heterocycles. The number of nitrogens with zero attached hydrogens (tertiary/aromatic N) is 1. The van der Waals surface area contributed by atoms with Crippen molar-refractivity contribution in [1.82, 2.24) is 5.32 Å². The lowest BCUT2D eigenvalue weighted by Gasteiger charge is -2.34. The summed E-state index contributed by atoms with van der Waals surface area (Å²) in [5, 5.41) is 20.1. The number of nitrogens with one attached hydrogen (secondary N) is 1. The number of nitriles is 1. The summed E-state index contributed by atoms with van der Waals surface area (Å²) in [6, 6.07) is 1.79. The van der Waals surface area contributed by atoms with Gasteiger partial charge < -0.3 is 10.4 Å². The van der Waals surface area contributed by atoms with Crippen molar-refractivity contribution in [1.29, 1.82) is 5.26 Å². The van der Waals surface area contributed by atoms with Crippen molar-refractivity contribution in [3.8, 4) is 6.07 Å². The number of rotatable bonds is 3. The number of carbonyl (C=O) groups excluding carboxylic acids is 1. The standard InChI is InChI=1S/C9H14N2O2/c1-7(5-12)11-8(13)9(6-10)3-2-4-9/h7,12H,2-5H2,1H3,(H,11,13). The Morgan fingerprint density at radius 3 is 2.69 bits per heavy atom. The zero-order valence-electron chi connectivity index (χ0n) is 7.71. The Labute approximate surface area is 77.6 Å². The average molecular weight is 182 g/mol. The summed E-state index contributed by atoms with van der Waals surface area (Å²) in [7, 11) is 0. The Morgan fingerprint density at radius 2 is 2.38 bits per heavy atom. The second-order valence-corrected chi connectivity index (χ2v) is 3.60. The molecule has 4 nitrogen and oxygen atoms in total. The number of amides is 1. The maximum absolute atomic E-state index is 11.5. The molecule has 1 fully saturated rings. The van der Waals surface area contributed by atoms with E-state index < -0.39 is 5.41 Å². The lowest BCUT2D eigenvalue weighted by Crippen LogP contribution is -2.48. The van der Waals surface area contributed by atoms with E-state index in [-0.39, 0.29) is 18.6 Å². The van der Waals surface area contributed by atoms with Gasteiger partial charge in [-0.15, -0.1) is 0 Å². The van der Waals surface area contributed by atoms with Gasteiger partial charge in [-0.25, -0.2) is 0 Å². The van der Waals surface area contributed by atoms with Crippen LogP contribution in [0.2, 0.25) is 0 Å². The lowest BCUT2D eigenvalue weighted by atomic mass is 9.69. The van der Waals surface area contributed by atoms with Crippen molar-refractivity contribution in [3.63, 3.8) is 0 Å². The van der Waals surface area contributed by atoms with Gasteiger partial charge in [0.25, 0.3) is 0 Å². The van der Waals surface area contributed by atoms with E-state index in [0.717, 1.165) is 6.42 Å². The van der Waals surface area contributed by atoms with Crippen LogP contribution in [0.3, 0.4) is 0 Å². The van der Waals surface area contributed by atoms with Crippen molar-refractivity contribution < 1.29 is 9.90 Å². The normalized spacial score (nSPS) is 21.0. The first-order chi connectivity index (χ1) is 6.14. The Balaban J connectivity index is 2.52. The Kier molecular flexibility index (Phi) is 2.89. The first-order valence-electron chi connectivity index (χ1n) is 4.48. The first kappa shape index (κ1) is 10.0. The minimum absolute atomic E-state index is 0.0900. The molecule has 72 valence electrons. The molecule has 0 aromatic carbocycles. The van der Waals surface area contributed by atoms with Crippen LogP contribution in [0, 0.1) is 16.7 Å². The summed E-state index contributed by atoms with van der Waals surface area (Å²) in [5.74, 6) is -0.234. The predicted molar refractivity (Wildman–Crippen MR) is 46.6 cm³/mol. The van der Waals surface area contributed by atoms with Gasteiger partial charge in [0.15, 0.2) is 0 Å². The van der Waals surface area contributed by atoms with Crippen LogP contribution >= 0.6 is 0 Å². The SMILES string of the molecule is CC(CO)NC(=O)C1(C#N)CCC1. The molecule has 1 atom stereocenters. The van der Waals surface area contributed by atoms with Crippen LogP contribution in [-0.2, 0) is 4.79 Å². The Morgan fingerprint density at radius 1 is 1.77 bits per heavy atom. The van der Waals surface area contributed by atoms with Crippen LogP contribution in [-0.4, -0.2) is 23.7 Å². The smallest absolute Gasteiger partial charge is 0.240 e. The molecule has 1 rings (SSSR count). The molecule has 1 saturated carbocycles. The van der Waals surface area contributed by atoms with Gasteiger partial charge in [0, 0.05) is 6.04 Å². The summed E-state index contributed by atoms with van der Waals surface area (Å²) in [4.78, 5) is 11.5. The zero-order valence-corrected chi connectivity index (χ0v) is 7.71. The molecule has 0 aliphatic heterocycles. The molecule has 0 bridgehead atoms. The maximum Gasteiger partial charge on any atom is 0.240 e. The number of aliphatic hydroxyl groups is 1. The fourth-order valence-electron chi connectivity index (χ4n) is 1.33. The van der Waals surface area contributed by atoms with E-state index in [2.05, 4.69) is 11.4 Å². The van der Waals surface area contributed by atoms with Crippen LogP contribution in [0.1, 0.15) is 26.2 Å². The molecule has 0 spiro atoms. The van der Waals surface area contributed by atoms with Gasteiger partial charge in [-0.3, -0.25) is 4.79 Å². The first-order valence-corrected chi connectivity index (χ1v) is 4.48. The molecule has 2 N–H and O–H groups in total. The monoisotopic (exact) mass is 182 g/mol. The van der Waals surface area contributed by atoms with E-state index in [1.165, 1.54) is 0 Å². The van der Waals surface area contributed by atoms with Crippen LogP contribution in [0.25, 0.3) is 0 Å². The Bertz CT molecular complexity index is 240. The summed E-state index contributed by atoms with van der Waals surface area (Å²) in [6.45, 7) is 1.62. The number of aliphatic hydroxyl groups excluding tert-OH is 1. The van der Waals surface area contributed by atoms with E-state index in [4.69, 9.17) is 10.4 Å². The third-order valence-corrected chi connectivity index (χ3v) is 2.51. The Hall–Kier alpha value is -1.08. The van der Waals surface area contributed by atoms with E-state index in [9.17, 15) is 4.79 Å². The van der Waals surface area contributed by atoms with Crippen molar-refractivity contribution in [2.75, 3.05) is 6.61 Å². The molecular formula is C9H14N2O2. The molecule has 0 heterocycles. The van der Waals surface area contributed by atoms with E-state index in [1.807, 2.05) is 0 Å². The highest BCUT2D eigenvalue weighted by molar-refractivity contribution is 5.86. The molecule has 1 amide bonds. The molecule has 13 heavy (non-hydrogen) atoms. The summed E-state index contributed by atoms with van der Waals surface area (Å²) in [6.07, 6.45) is 2.23. The number of carbonyl (C=O) groups is 1. The predicted octanol–water partition coefficient (Wildman–Crippen LogP) is 0.177. The summed E-state index contributed by atoms with van der Waals surface area (Å²) in [5.41, 5.74) is -0.802. The molecule has 1 aliphatic carbocycles. The van der Waals surface area contributed by atoms with E-state index >= 15 is 0 Å². The topological polar surface area (TPSA) is 73.1 Å². The zero-order chi connectivity index (χ0) is 9.90. The van der Waals surface area contributed by atoms with Crippen LogP contribution < -0.4 is 5.32 Å². The summed E-state index contributed by atoms with van der Waals surface area (Å²) >= 11 is 0. The average Bonchev–Trinajstić information content (AvgIpc) is 2.03. The van der Waals surface area contributed by atoms with Gasteiger partial charge in [0.1, 0.15) is 5.41 Å². The maximum atomic E-state index is 11.5. The van der Waals surface area contributed by atoms with Crippen molar-refractivity contribution in [2.45, 2.75) is 32.2 Å². The largest absolute Gasteiger partial charge is 0.394 e. The molecular weight excluding hydrogens is 168 g/mol. The minimum atomic E-state index is -0.802. The van der Waals surface area contributed by atoms with Crippen LogP contribution in [0.15, 0.2) is 0 Å². The second kappa shape index (κ2) is 3.75. The van der Waals surface area contributed by atoms with Gasteiger partial charge in [-0.05, 0) is 26.2 Å². The summed E-state index contributed by atoms with van der Waals surface area (Å²) < 4.78 is 0. The van der Waals surface area contributed by atoms with Crippen molar-refractivity contribution in [2.24, 2.45) is 5.41 Å². The van der Waals surface area contributed by atoms with E-state index in [0.29, 0.717) is 12.8 Å². The highest BCUT2D eigenvalue weighted by Gasteiger charge is 2.44. The molecule has 1 aliphatic rings. The number of hydrogen-bond acceptors (Lipinski definition) is 3. The van der Waals surface area contributed by atoms with Gasteiger partial charge in [0.2, 0.25) is 5.91 Å². The lowest BCUT2D eigenvalue weighted by molar-refractivity contribution is -0.132. The third kappa shape index (κ3) is 1.81. The molecule has 0 aromatic heterocycles. The van der Waals surface area contributed by atoms with Gasteiger partial charge in [-0.2, -0.15) is 5.26 Å². The fourth-order valence-corrected chi connectivity index (χ4v) is 1.33. The molecule has 0 aromatic rings. The van der Waals surface area contributed by atoms with Gasteiger partial charge >= 0.3 is 0 Å². The molecule has 4 heteroatoms. The van der Waals surface area contributed by atoms with Gasteiger partial charge in [-0.1, -0.05) is 0 Å². The third-order valence-electron chi connectivity index (χ3n) is 2.51. The van der Waals surface area contributed by atoms with Crippen molar-refractivity contribution >= 4 is 5.91 Å². The van der Waals surface area contributed by atoms with Crippen LogP contribution in [0.4, 0.5) is 0 Å². The highest BCUT2D eigenvalue weighted by Crippen LogP contribution is 2.40. The second-order valence-electron chi connectivity index (χ2n) is 3.60. The van der Waals surface area contributed by atoms with Gasteiger partial charge in [0.05, 0.1) is 12.7 Å². The van der Waals surface area contributed by atoms with Crippen LogP contribution in [0.5, 0.6) is 0 Å². The molecule has 1 unspecified atom stereocenters. The fraction of sp³-hybridized carbons (Fsp3) is 0.778. The number of hydrogen-bond donors (Lipinski definition) is 2. The van der Waals surface area contributed by atoms with E-state index in [1.54, 1.807) is 6.92 Å². The quantitative estimate of drug-likeness (QED) is 0.653. The highest BCUT2D eigenvalue weighted by atomic mass is 16.3. The van der Waals surface area contributed by atoms with Crippen molar-refractivity contribution in [3.05, 3.63) is 0 Å². The molecule has 0 radical (unpaired) electrons. The minimum Gasteiger partial charge on any atom is -0.394 e.